The van der Waals surface area contributed by atoms with Crippen molar-refractivity contribution in [2.75, 3.05) is 13.1 Å². The van der Waals surface area contributed by atoms with E-state index in [1.807, 2.05) is 6.07 Å². The molecule has 4 heteroatoms. The monoisotopic (exact) mass is 248 g/mol. The molecular formula is C14H24N4. The molecule has 0 spiro atoms. The van der Waals surface area contributed by atoms with Crippen molar-refractivity contribution in [1.29, 1.82) is 0 Å². The van der Waals surface area contributed by atoms with E-state index in [1.165, 1.54) is 12.0 Å². The van der Waals surface area contributed by atoms with E-state index >= 15 is 0 Å². The van der Waals surface area contributed by atoms with Crippen molar-refractivity contribution in [3.8, 4) is 0 Å². The summed E-state index contributed by atoms with van der Waals surface area (Å²) in [6.45, 7) is 3.86. The van der Waals surface area contributed by atoms with Gasteiger partial charge in [-0.2, -0.15) is 0 Å². The zero-order valence-electron chi connectivity index (χ0n) is 11.2. The van der Waals surface area contributed by atoms with E-state index in [4.69, 9.17) is 5.84 Å². The Labute approximate surface area is 110 Å². The average molecular weight is 248 g/mol. The number of aliphatic imine (C=N–C) groups is 1. The van der Waals surface area contributed by atoms with Crippen LogP contribution >= 0.6 is 0 Å². The van der Waals surface area contributed by atoms with Gasteiger partial charge in [0.2, 0.25) is 5.96 Å². The molecular weight excluding hydrogens is 224 g/mol. The molecule has 0 radical (unpaired) electrons. The summed E-state index contributed by atoms with van der Waals surface area (Å²) < 4.78 is 0. The summed E-state index contributed by atoms with van der Waals surface area (Å²) in [4.78, 5) is 4.40. The Morgan fingerprint density at radius 3 is 2.67 bits per heavy atom. The van der Waals surface area contributed by atoms with Gasteiger partial charge in [0.05, 0.1) is 0 Å². The predicted molar refractivity (Wildman–Crippen MR) is 77.3 cm³/mol. The minimum absolute atomic E-state index is 0.691. The van der Waals surface area contributed by atoms with Crippen LogP contribution < -0.4 is 16.6 Å². The van der Waals surface area contributed by atoms with Gasteiger partial charge in [-0.1, -0.05) is 43.7 Å². The molecule has 1 rings (SSSR count). The number of hydrogen-bond donors (Lipinski definition) is 3. The van der Waals surface area contributed by atoms with Crippen LogP contribution in [0.15, 0.2) is 35.3 Å². The lowest BCUT2D eigenvalue weighted by Gasteiger charge is -2.08. The van der Waals surface area contributed by atoms with Gasteiger partial charge < -0.3 is 5.32 Å². The van der Waals surface area contributed by atoms with Crippen LogP contribution in [0.1, 0.15) is 31.7 Å². The number of aryl methyl sites for hydroxylation is 1. The van der Waals surface area contributed by atoms with E-state index < -0.39 is 0 Å². The number of guanidine groups is 1. The molecule has 0 unspecified atom stereocenters. The number of hydrazine groups is 1. The summed E-state index contributed by atoms with van der Waals surface area (Å²) in [5.74, 6) is 6.10. The van der Waals surface area contributed by atoms with Crippen LogP contribution in [0.3, 0.4) is 0 Å². The van der Waals surface area contributed by atoms with Crippen LogP contribution in [0.5, 0.6) is 0 Å². The van der Waals surface area contributed by atoms with Gasteiger partial charge in [0.1, 0.15) is 0 Å². The van der Waals surface area contributed by atoms with Gasteiger partial charge >= 0.3 is 0 Å². The Kier molecular flexibility index (Phi) is 7.64. The molecule has 0 aromatic heterocycles. The summed E-state index contributed by atoms with van der Waals surface area (Å²) in [6, 6.07) is 10.5. The topological polar surface area (TPSA) is 62.4 Å². The molecule has 1 aromatic rings. The fourth-order valence-electron chi connectivity index (χ4n) is 1.65. The first-order valence-corrected chi connectivity index (χ1v) is 6.65. The van der Waals surface area contributed by atoms with E-state index in [1.54, 1.807) is 0 Å². The second kappa shape index (κ2) is 9.48. The van der Waals surface area contributed by atoms with Gasteiger partial charge in [-0.15, -0.1) is 0 Å². The third-order valence-corrected chi connectivity index (χ3v) is 2.70. The zero-order valence-corrected chi connectivity index (χ0v) is 11.2. The average Bonchev–Trinajstić information content (AvgIpc) is 2.43. The van der Waals surface area contributed by atoms with Crippen LogP contribution in [0.25, 0.3) is 0 Å². The first kappa shape index (κ1) is 14.5. The van der Waals surface area contributed by atoms with Crippen molar-refractivity contribution >= 4 is 5.96 Å². The normalized spacial score (nSPS) is 11.3. The van der Waals surface area contributed by atoms with Gasteiger partial charge in [-0.25, -0.2) is 5.84 Å². The van der Waals surface area contributed by atoms with Crippen molar-refractivity contribution in [2.45, 2.75) is 32.6 Å². The summed E-state index contributed by atoms with van der Waals surface area (Å²) in [5.41, 5.74) is 3.95. The number of benzene rings is 1. The Bertz CT molecular complexity index is 335. The van der Waals surface area contributed by atoms with Gasteiger partial charge in [-0.3, -0.25) is 10.4 Å². The van der Waals surface area contributed by atoms with Gasteiger partial charge in [0, 0.05) is 13.1 Å². The fourth-order valence-corrected chi connectivity index (χ4v) is 1.65. The molecule has 0 amide bonds. The summed E-state index contributed by atoms with van der Waals surface area (Å²) in [7, 11) is 0. The first-order valence-electron chi connectivity index (χ1n) is 6.65. The van der Waals surface area contributed by atoms with E-state index in [2.05, 4.69) is 46.9 Å². The van der Waals surface area contributed by atoms with Crippen molar-refractivity contribution in [1.82, 2.24) is 10.7 Å². The Balaban J connectivity index is 2.21. The van der Waals surface area contributed by atoms with Crippen molar-refractivity contribution in [2.24, 2.45) is 10.8 Å². The van der Waals surface area contributed by atoms with Crippen molar-refractivity contribution < 1.29 is 0 Å². The van der Waals surface area contributed by atoms with Crippen LogP contribution in [-0.4, -0.2) is 19.0 Å². The summed E-state index contributed by atoms with van der Waals surface area (Å²) in [6.07, 6.45) is 4.38. The Hall–Kier alpha value is -1.55. The quantitative estimate of drug-likeness (QED) is 0.227. The predicted octanol–water partition coefficient (Wildman–Crippen LogP) is 1.83. The third kappa shape index (κ3) is 6.25. The molecule has 0 saturated carbocycles. The number of nitrogens with zero attached hydrogens (tertiary/aromatic N) is 1. The van der Waals surface area contributed by atoms with E-state index in [0.717, 1.165) is 32.4 Å². The van der Waals surface area contributed by atoms with Gasteiger partial charge in [-0.05, 0) is 24.8 Å². The maximum absolute atomic E-state index is 5.41. The smallest absolute Gasteiger partial charge is 0.205 e. The number of nitrogens with one attached hydrogen (secondary N) is 2. The highest BCUT2D eigenvalue weighted by atomic mass is 15.3. The van der Waals surface area contributed by atoms with E-state index in [-0.39, 0.29) is 0 Å². The molecule has 0 heterocycles. The second-order valence-corrected chi connectivity index (χ2v) is 4.24. The first-order chi connectivity index (χ1) is 8.86. The lowest BCUT2D eigenvalue weighted by atomic mass is 10.1. The highest BCUT2D eigenvalue weighted by Gasteiger charge is 1.95. The van der Waals surface area contributed by atoms with Crippen molar-refractivity contribution in [3.05, 3.63) is 35.9 Å². The molecule has 4 N–H and O–H groups in total. The SMILES string of the molecule is CCCCNC(=NCCCc1ccccc1)NN. The van der Waals surface area contributed by atoms with E-state index in [0.29, 0.717) is 5.96 Å². The Morgan fingerprint density at radius 1 is 1.22 bits per heavy atom. The highest BCUT2D eigenvalue weighted by molar-refractivity contribution is 5.79. The highest BCUT2D eigenvalue weighted by Crippen LogP contribution is 2.02. The number of rotatable bonds is 7. The maximum Gasteiger partial charge on any atom is 0.205 e. The maximum atomic E-state index is 5.41. The number of nitrogens with two attached hydrogens (primary N) is 1. The summed E-state index contributed by atoms with van der Waals surface area (Å²) >= 11 is 0. The molecule has 0 aliphatic carbocycles. The molecule has 18 heavy (non-hydrogen) atoms. The number of hydrogen-bond acceptors (Lipinski definition) is 2. The van der Waals surface area contributed by atoms with Gasteiger partial charge in [0.25, 0.3) is 0 Å². The van der Waals surface area contributed by atoms with Crippen molar-refractivity contribution in [3.63, 3.8) is 0 Å². The molecule has 1 aromatic carbocycles. The van der Waals surface area contributed by atoms with Gasteiger partial charge in [0.15, 0.2) is 0 Å². The molecule has 0 atom stereocenters. The van der Waals surface area contributed by atoms with Crippen LogP contribution in [0.2, 0.25) is 0 Å². The molecule has 0 aliphatic heterocycles. The summed E-state index contributed by atoms with van der Waals surface area (Å²) in [5, 5.41) is 3.18. The van der Waals surface area contributed by atoms with Crippen LogP contribution in [-0.2, 0) is 6.42 Å². The molecule has 4 nitrogen and oxygen atoms in total. The number of unbranched alkanes of at least 4 members (excludes halogenated alkanes) is 1. The largest absolute Gasteiger partial charge is 0.355 e. The molecule has 0 fully saturated rings. The molecule has 0 saturated heterocycles. The molecule has 100 valence electrons. The third-order valence-electron chi connectivity index (χ3n) is 2.70. The molecule has 0 aliphatic rings. The Morgan fingerprint density at radius 2 is 2.00 bits per heavy atom. The lowest BCUT2D eigenvalue weighted by molar-refractivity contribution is 0.727. The molecule has 0 bridgehead atoms. The minimum Gasteiger partial charge on any atom is -0.355 e. The van der Waals surface area contributed by atoms with Crippen LogP contribution in [0, 0.1) is 0 Å². The fraction of sp³-hybridized carbons (Fsp3) is 0.500. The van der Waals surface area contributed by atoms with E-state index in [9.17, 15) is 0 Å². The lowest BCUT2D eigenvalue weighted by Crippen LogP contribution is -2.42. The van der Waals surface area contributed by atoms with Crippen LogP contribution in [0.4, 0.5) is 0 Å². The minimum atomic E-state index is 0.691. The second-order valence-electron chi connectivity index (χ2n) is 4.24. The zero-order chi connectivity index (χ0) is 13.1. The standard InChI is InChI=1S/C14H24N4/c1-2-3-11-16-14(18-15)17-12-7-10-13-8-5-4-6-9-13/h4-6,8-9H,2-3,7,10-12,15H2,1H3,(H2,16,17,18).